The van der Waals surface area contributed by atoms with E-state index < -0.39 is 27.6 Å². The molecule has 2 aromatic heterocycles. The van der Waals surface area contributed by atoms with Crippen LogP contribution in [0, 0.1) is 10.1 Å². The van der Waals surface area contributed by atoms with Gasteiger partial charge in [-0.05, 0) is 11.8 Å². The number of nitro groups is 1. The molecule has 0 fully saturated rings. The molecule has 0 aromatic carbocycles. The van der Waals surface area contributed by atoms with Gasteiger partial charge in [-0.3, -0.25) is 14.9 Å². The Morgan fingerprint density at radius 2 is 2.30 bits per heavy atom. The van der Waals surface area contributed by atoms with Crippen molar-refractivity contribution in [3.63, 3.8) is 0 Å². The topological polar surface area (TPSA) is 140 Å². The molecule has 2 heterocycles. The van der Waals surface area contributed by atoms with Crippen molar-refractivity contribution in [2.24, 2.45) is 0 Å². The zero-order valence-corrected chi connectivity index (χ0v) is 13.2. The summed E-state index contributed by atoms with van der Waals surface area (Å²) < 4.78 is 4.79. The van der Waals surface area contributed by atoms with E-state index in [1.54, 1.807) is 12.3 Å². The molecule has 12 heteroatoms. The summed E-state index contributed by atoms with van der Waals surface area (Å²) in [5.41, 5.74) is 0.114. The van der Waals surface area contributed by atoms with Crippen molar-refractivity contribution < 1.29 is 19.2 Å². The molecular formula is C11H10ClN5O5S. The van der Waals surface area contributed by atoms with Crippen molar-refractivity contribution in [3.05, 3.63) is 31.9 Å². The second-order valence-corrected chi connectivity index (χ2v) is 5.31. The van der Waals surface area contributed by atoms with Gasteiger partial charge in [0.05, 0.1) is 18.7 Å². The van der Waals surface area contributed by atoms with Gasteiger partial charge in [0.2, 0.25) is 0 Å². The molecule has 2 N–H and O–H groups in total. The first-order chi connectivity index (χ1) is 10.9. The highest BCUT2D eigenvalue weighted by Gasteiger charge is 2.25. The van der Waals surface area contributed by atoms with Crippen molar-refractivity contribution in [1.82, 2.24) is 15.2 Å². The minimum atomic E-state index is -0.785. The summed E-state index contributed by atoms with van der Waals surface area (Å²) in [6.07, 6.45) is -0.0190. The van der Waals surface area contributed by atoms with E-state index in [-0.39, 0.29) is 23.9 Å². The van der Waals surface area contributed by atoms with E-state index in [1.807, 2.05) is 0 Å². The summed E-state index contributed by atoms with van der Waals surface area (Å²) >= 11 is 6.80. The number of anilines is 1. The van der Waals surface area contributed by atoms with Gasteiger partial charge in [0.25, 0.3) is 5.91 Å². The predicted molar refractivity (Wildman–Crippen MR) is 80.7 cm³/mol. The maximum Gasteiger partial charge on any atom is 0.362 e. The third-order valence-electron chi connectivity index (χ3n) is 2.49. The number of halogens is 1. The number of carbonyl (C=O) groups excluding carboxylic acids is 2. The van der Waals surface area contributed by atoms with Crippen LogP contribution in [0.2, 0.25) is 5.02 Å². The fraction of sp³-hybridized carbons (Fsp3) is 0.273. The first-order valence-corrected chi connectivity index (χ1v) is 7.47. The lowest BCUT2D eigenvalue weighted by molar-refractivity contribution is -0.389. The molecule has 1 amide bonds. The summed E-state index contributed by atoms with van der Waals surface area (Å²) in [6.45, 7) is 1.96. The zero-order chi connectivity index (χ0) is 17.0. The Morgan fingerprint density at radius 3 is 2.91 bits per heavy atom. The monoisotopic (exact) mass is 359 g/mol. The van der Waals surface area contributed by atoms with Gasteiger partial charge in [0.1, 0.15) is 0 Å². The number of ether oxygens (including phenoxy) is 1. The number of hydrogen-bond donors (Lipinski definition) is 2. The average Bonchev–Trinajstić information content (AvgIpc) is 3.05. The molecule has 0 unspecified atom stereocenters. The molecule has 0 aliphatic heterocycles. The molecule has 122 valence electrons. The fourth-order valence-electron chi connectivity index (χ4n) is 1.55. The molecule has 2 aromatic rings. The number of aromatic amines is 1. The predicted octanol–water partition coefficient (Wildman–Crippen LogP) is 1.79. The minimum absolute atomic E-state index is 0.0190. The van der Waals surface area contributed by atoms with Crippen LogP contribution < -0.4 is 5.32 Å². The molecule has 0 aliphatic rings. The van der Waals surface area contributed by atoms with Crippen LogP contribution in [0.1, 0.15) is 23.1 Å². The highest BCUT2D eigenvalue weighted by Crippen LogP contribution is 2.26. The molecule has 2 rings (SSSR count). The number of carbonyl (C=O) groups is 2. The molecule has 0 saturated carbocycles. The summed E-state index contributed by atoms with van der Waals surface area (Å²) in [5, 5.41) is 20.0. The van der Waals surface area contributed by atoms with Crippen molar-refractivity contribution in [2.45, 2.75) is 13.3 Å². The van der Waals surface area contributed by atoms with Gasteiger partial charge in [-0.15, -0.1) is 16.4 Å². The van der Waals surface area contributed by atoms with E-state index in [9.17, 15) is 19.7 Å². The number of amides is 1. The Kier molecular flexibility index (Phi) is 5.24. The highest BCUT2D eigenvalue weighted by atomic mass is 35.5. The van der Waals surface area contributed by atoms with Gasteiger partial charge >= 0.3 is 11.8 Å². The number of hydrogen-bond acceptors (Lipinski definition) is 8. The van der Waals surface area contributed by atoms with E-state index in [1.165, 1.54) is 0 Å². The molecule has 0 spiro atoms. The maximum absolute atomic E-state index is 12.0. The van der Waals surface area contributed by atoms with E-state index in [0.717, 1.165) is 11.3 Å². The Balaban J connectivity index is 2.05. The van der Waals surface area contributed by atoms with Crippen molar-refractivity contribution in [1.29, 1.82) is 0 Å². The van der Waals surface area contributed by atoms with E-state index in [2.05, 4.69) is 20.5 Å². The van der Waals surface area contributed by atoms with Gasteiger partial charge in [-0.25, -0.2) is 4.98 Å². The number of nitrogens with zero attached hydrogens (tertiary/aromatic N) is 3. The van der Waals surface area contributed by atoms with Crippen LogP contribution in [0.15, 0.2) is 5.38 Å². The summed E-state index contributed by atoms with van der Waals surface area (Å²) in [6, 6.07) is 0. The van der Waals surface area contributed by atoms with Crippen LogP contribution in [0.25, 0.3) is 0 Å². The standard InChI is InChI=1S/C11H10ClN5O5S/c1-2-22-6(18)3-5-4-23-11(13-5)14-10(19)8-7(12)9(16-15-8)17(20)21/h4H,2-3H2,1H3,(H,15,16)(H,13,14,19). The maximum atomic E-state index is 12.0. The Hall–Kier alpha value is -2.53. The van der Waals surface area contributed by atoms with E-state index in [4.69, 9.17) is 16.3 Å². The van der Waals surface area contributed by atoms with Crippen LogP contribution in [-0.2, 0) is 16.0 Å². The molecule has 0 bridgehead atoms. The molecule has 0 saturated heterocycles. The third kappa shape index (κ3) is 4.02. The van der Waals surface area contributed by atoms with Crippen LogP contribution in [-0.4, -0.2) is 38.6 Å². The van der Waals surface area contributed by atoms with Crippen molar-refractivity contribution in [2.75, 3.05) is 11.9 Å². The van der Waals surface area contributed by atoms with Gasteiger partial charge in [-0.2, -0.15) is 0 Å². The molecule has 23 heavy (non-hydrogen) atoms. The second kappa shape index (κ2) is 7.15. The van der Waals surface area contributed by atoms with Crippen LogP contribution in [0.3, 0.4) is 0 Å². The van der Waals surface area contributed by atoms with E-state index in [0.29, 0.717) is 5.69 Å². The van der Waals surface area contributed by atoms with Gasteiger partial charge in [0.15, 0.2) is 15.8 Å². The fourth-order valence-corrected chi connectivity index (χ4v) is 2.50. The van der Waals surface area contributed by atoms with Crippen LogP contribution >= 0.6 is 22.9 Å². The average molecular weight is 360 g/mol. The Morgan fingerprint density at radius 1 is 1.57 bits per heavy atom. The number of nitrogens with one attached hydrogen (secondary N) is 2. The van der Waals surface area contributed by atoms with Crippen LogP contribution in [0.4, 0.5) is 10.9 Å². The van der Waals surface area contributed by atoms with E-state index >= 15 is 0 Å². The molecule has 0 aliphatic carbocycles. The molecule has 0 atom stereocenters. The first kappa shape index (κ1) is 16.8. The summed E-state index contributed by atoms with van der Waals surface area (Å²) in [5.74, 6) is -1.75. The highest BCUT2D eigenvalue weighted by molar-refractivity contribution is 7.14. The summed E-state index contributed by atoms with van der Waals surface area (Å²) in [7, 11) is 0. The van der Waals surface area contributed by atoms with Crippen LogP contribution in [0.5, 0.6) is 0 Å². The number of aromatic nitrogens is 3. The largest absolute Gasteiger partial charge is 0.466 e. The minimum Gasteiger partial charge on any atom is -0.466 e. The zero-order valence-electron chi connectivity index (χ0n) is 11.7. The van der Waals surface area contributed by atoms with Gasteiger partial charge in [0, 0.05) is 5.38 Å². The smallest absolute Gasteiger partial charge is 0.362 e. The number of rotatable bonds is 6. The van der Waals surface area contributed by atoms with Gasteiger partial charge in [-0.1, -0.05) is 16.7 Å². The van der Waals surface area contributed by atoms with Gasteiger partial charge < -0.3 is 14.9 Å². The first-order valence-electron chi connectivity index (χ1n) is 6.22. The lowest BCUT2D eigenvalue weighted by Crippen LogP contribution is -2.13. The Labute approximate surface area is 138 Å². The van der Waals surface area contributed by atoms with Crippen molar-refractivity contribution in [3.8, 4) is 0 Å². The number of H-pyrrole nitrogens is 1. The molecule has 0 radical (unpaired) electrons. The SMILES string of the molecule is CCOC(=O)Cc1csc(NC(=O)c2n[nH]c([N+](=O)[O-])c2Cl)n1. The molecular weight excluding hydrogens is 350 g/mol. The third-order valence-corrected chi connectivity index (χ3v) is 3.65. The van der Waals surface area contributed by atoms with Crippen molar-refractivity contribution >= 4 is 45.8 Å². The number of thiazole rings is 1. The lowest BCUT2D eigenvalue weighted by atomic mass is 10.3. The second-order valence-electron chi connectivity index (χ2n) is 4.07. The lowest BCUT2D eigenvalue weighted by Gasteiger charge is -1.99. The molecule has 10 nitrogen and oxygen atoms in total. The Bertz CT molecular complexity index is 758. The quantitative estimate of drug-likeness (QED) is 0.455. The number of esters is 1. The summed E-state index contributed by atoms with van der Waals surface area (Å²) in [4.78, 5) is 37.2. The normalized spacial score (nSPS) is 10.3.